The lowest BCUT2D eigenvalue weighted by Crippen LogP contribution is -1.97. The first kappa shape index (κ1) is 31.5. The minimum atomic E-state index is 0.938. The first-order valence-electron chi connectivity index (χ1n) is 19.2. The maximum atomic E-state index is 5.12. The van der Waals surface area contributed by atoms with Gasteiger partial charge in [0.15, 0.2) is 0 Å². The molecule has 11 rings (SSSR count). The molecule has 0 amide bonds. The highest BCUT2D eigenvalue weighted by atomic mass is 15.1. The summed E-state index contributed by atoms with van der Waals surface area (Å²) in [5, 5.41) is 7.57. The molecule has 0 unspecified atom stereocenters. The summed E-state index contributed by atoms with van der Waals surface area (Å²) in [4.78, 5) is 5.12. The van der Waals surface area contributed by atoms with E-state index in [1.165, 1.54) is 76.8 Å². The average Bonchev–Trinajstić information content (AvgIpc) is 3.65. The molecule has 1 aliphatic rings. The minimum Gasteiger partial charge on any atom is -0.292 e. The molecule has 0 saturated carbocycles. The minimum absolute atomic E-state index is 0.938. The Morgan fingerprint density at radius 3 is 1.93 bits per heavy atom. The van der Waals surface area contributed by atoms with Gasteiger partial charge in [0.2, 0.25) is 0 Å². The van der Waals surface area contributed by atoms with Crippen molar-refractivity contribution in [2.75, 3.05) is 0 Å². The molecule has 0 spiro atoms. The maximum Gasteiger partial charge on any atom is 0.145 e. The summed E-state index contributed by atoms with van der Waals surface area (Å²) in [6, 6.07) is 66.6. The molecule has 0 fully saturated rings. The van der Waals surface area contributed by atoms with Crippen LogP contribution in [0.1, 0.15) is 17.5 Å². The van der Waals surface area contributed by atoms with Crippen LogP contribution in [-0.2, 0) is 6.42 Å². The van der Waals surface area contributed by atoms with E-state index in [1.54, 1.807) is 0 Å². The average molecular weight is 701 g/mol. The van der Waals surface area contributed by atoms with Crippen LogP contribution in [0.3, 0.4) is 0 Å². The number of aryl methyl sites for hydroxylation is 1. The number of benzene rings is 9. The van der Waals surface area contributed by atoms with Crippen molar-refractivity contribution >= 4 is 49.4 Å². The van der Waals surface area contributed by atoms with Crippen LogP contribution in [0.2, 0.25) is 0 Å². The fourth-order valence-corrected chi connectivity index (χ4v) is 8.78. The lowest BCUT2D eigenvalue weighted by atomic mass is 9.83. The molecule has 0 N–H and O–H groups in total. The van der Waals surface area contributed by atoms with E-state index in [2.05, 4.69) is 199 Å². The molecule has 10 aromatic rings. The van der Waals surface area contributed by atoms with Crippen molar-refractivity contribution in [2.24, 2.45) is 0 Å². The van der Waals surface area contributed by atoms with Gasteiger partial charge in [-0.3, -0.25) is 4.57 Å². The predicted molar refractivity (Wildman–Crippen MR) is 233 cm³/mol. The molecule has 0 bridgehead atoms. The Labute approximate surface area is 320 Å². The van der Waals surface area contributed by atoms with E-state index < -0.39 is 0 Å². The monoisotopic (exact) mass is 700 g/mol. The number of hydrogen-bond acceptors (Lipinski definition) is 1. The first-order valence-corrected chi connectivity index (χ1v) is 19.2. The van der Waals surface area contributed by atoms with E-state index in [1.807, 2.05) is 0 Å². The maximum absolute atomic E-state index is 5.12. The predicted octanol–water partition coefficient (Wildman–Crippen LogP) is 14.1. The topological polar surface area (TPSA) is 17.8 Å². The Morgan fingerprint density at radius 2 is 1.07 bits per heavy atom. The highest BCUT2D eigenvalue weighted by Gasteiger charge is 2.20. The summed E-state index contributed by atoms with van der Waals surface area (Å²) in [6.07, 6.45) is 6.73. The van der Waals surface area contributed by atoms with Gasteiger partial charge in [-0.25, -0.2) is 4.98 Å². The van der Waals surface area contributed by atoms with Gasteiger partial charge >= 0.3 is 0 Å². The van der Waals surface area contributed by atoms with Crippen molar-refractivity contribution in [3.8, 4) is 50.5 Å². The molecule has 1 heterocycles. The number of imidazole rings is 1. The van der Waals surface area contributed by atoms with Gasteiger partial charge < -0.3 is 0 Å². The molecule has 1 aromatic heterocycles. The number of para-hydroxylation sites is 3. The summed E-state index contributed by atoms with van der Waals surface area (Å²) in [5.41, 5.74) is 14.5. The van der Waals surface area contributed by atoms with Crippen molar-refractivity contribution in [3.05, 3.63) is 199 Å². The summed E-state index contributed by atoms with van der Waals surface area (Å²) >= 11 is 0. The second kappa shape index (κ2) is 12.8. The summed E-state index contributed by atoms with van der Waals surface area (Å²) in [7, 11) is 0. The van der Waals surface area contributed by atoms with Crippen molar-refractivity contribution in [2.45, 2.75) is 12.8 Å². The van der Waals surface area contributed by atoms with E-state index >= 15 is 0 Å². The largest absolute Gasteiger partial charge is 0.292 e. The number of fused-ring (bicyclic) bond motifs is 5. The molecule has 0 saturated heterocycles. The van der Waals surface area contributed by atoms with Crippen LogP contribution in [-0.4, -0.2) is 9.55 Å². The van der Waals surface area contributed by atoms with E-state index in [4.69, 9.17) is 4.98 Å². The first-order chi connectivity index (χ1) is 27.3. The zero-order valence-electron chi connectivity index (χ0n) is 30.3. The van der Waals surface area contributed by atoms with Crippen LogP contribution < -0.4 is 0 Å². The number of nitrogens with zero attached hydrogens (tertiary/aromatic N) is 2. The Morgan fingerprint density at radius 1 is 0.436 bits per heavy atom. The molecular weight excluding hydrogens is 665 g/mol. The molecule has 0 atom stereocenters. The van der Waals surface area contributed by atoms with E-state index in [0.29, 0.717) is 0 Å². The van der Waals surface area contributed by atoms with E-state index in [0.717, 1.165) is 41.0 Å². The van der Waals surface area contributed by atoms with Crippen LogP contribution in [0.25, 0.3) is 99.9 Å². The van der Waals surface area contributed by atoms with Gasteiger partial charge in [0.05, 0.1) is 11.0 Å². The quantitative estimate of drug-likeness (QED) is 0.163. The second-order valence-electron chi connectivity index (χ2n) is 14.6. The Bertz CT molecular complexity index is 3130. The number of allylic oxidation sites excluding steroid dienone is 1. The van der Waals surface area contributed by atoms with Gasteiger partial charge in [0, 0.05) is 11.3 Å². The summed E-state index contributed by atoms with van der Waals surface area (Å²) in [5.74, 6) is 0.938. The van der Waals surface area contributed by atoms with Gasteiger partial charge in [-0.2, -0.15) is 0 Å². The van der Waals surface area contributed by atoms with E-state index in [-0.39, 0.29) is 0 Å². The van der Waals surface area contributed by atoms with Crippen LogP contribution in [0, 0.1) is 0 Å². The Balaban J connectivity index is 1.12. The Hall–Kier alpha value is -7.03. The SMILES string of the molecule is C1=Cc2ccc(-c3c4ccccc4c(-c4ccc5ccccc5c4)c4cc(-c5ccc(-c6nc7ccccc7n6-c6ccccc6)cc5)ccc34)cc2CC1. The van der Waals surface area contributed by atoms with Crippen molar-refractivity contribution < 1.29 is 0 Å². The van der Waals surface area contributed by atoms with Gasteiger partial charge in [0.25, 0.3) is 0 Å². The molecule has 2 nitrogen and oxygen atoms in total. The number of hydrogen-bond donors (Lipinski definition) is 0. The number of aromatic nitrogens is 2. The van der Waals surface area contributed by atoms with Crippen LogP contribution in [0.15, 0.2) is 188 Å². The molecule has 258 valence electrons. The van der Waals surface area contributed by atoms with E-state index in [9.17, 15) is 0 Å². The normalized spacial score (nSPS) is 12.5. The second-order valence-corrected chi connectivity index (χ2v) is 14.6. The smallest absolute Gasteiger partial charge is 0.145 e. The van der Waals surface area contributed by atoms with Gasteiger partial charge in [-0.1, -0.05) is 158 Å². The lowest BCUT2D eigenvalue weighted by molar-refractivity contribution is 0.986. The van der Waals surface area contributed by atoms with Gasteiger partial charge in [0.1, 0.15) is 5.82 Å². The van der Waals surface area contributed by atoms with Gasteiger partial charge in [-0.15, -0.1) is 0 Å². The lowest BCUT2D eigenvalue weighted by Gasteiger charge is -2.20. The molecule has 9 aromatic carbocycles. The number of rotatable bonds is 5. The molecule has 55 heavy (non-hydrogen) atoms. The third kappa shape index (κ3) is 5.29. The fourth-order valence-electron chi connectivity index (χ4n) is 8.78. The standard InChI is InChI=1S/C53H36N2/c1-2-16-44(17-3-1)55-50-21-11-10-20-49(50)54-53(55)38-26-22-37(23-27-38)41-30-31-47-48(34-41)52(43-29-25-36-13-5-7-15-40(36)33-43)46-19-9-8-18-45(46)51(47)42-28-24-35-12-4-6-14-39(35)32-42/h1-5,7-13,15-34H,6,14H2. The third-order valence-corrected chi connectivity index (χ3v) is 11.4. The Kier molecular flexibility index (Phi) is 7.34. The highest BCUT2D eigenvalue weighted by molar-refractivity contribution is 6.22. The molecule has 0 radical (unpaired) electrons. The van der Waals surface area contributed by atoms with Gasteiger partial charge in [-0.05, 0) is 126 Å². The molecule has 2 heteroatoms. The molecule has 1 aliphatic carbocycles. The van der Waals surface area contributed by atoms with Crippen LogP contribution in [0.4, 0.5) is 0 Å². The van der Waals surface area contributed by atoms with Crippen molar-refractivity contribution in [1.82, 2.24) is 9.55 Å². The van der Waals surface area contributed by atoms with Crippen molar-refractivity contribution in [3.63, 3.8) is 0 Å². The molecular formula is C53H36N2. The van der Waals surface area contributed by atoms with Crippen LogP contribution in [0.5, 0.6) is 0 Å². The summed E-state index contributed by atoms with van der Waals surface area (Å²) < 4.78 is 2.26. The zero-order valence-corrected chi connectivity index (χ0v) is 30.3. The third-order valence-electron chi connectivity index (χ3n) is 11.4. The van der Waals surface area contributed by atoms with Crippen molar-refractivity contribution in [1.29, 1.82) is 0 Å². The van der Waals surface area contributed by atoms with Crippen LogP contribution >= 0.6 is 0 Å². The fraction of sp³-hybridized carbons (Fsp3) is 0.0377. The molecule has 0 aliphatic heterocycles. The summed E-state index contributed by atoms with van der Waals surface area (Å²) in [6.45, 7) is 0. The highest BCUT2D eigenvalue weighted by Crippen LogP contribution is 2.46. The zero-order chi connectivity index (χ0) is 36.3.